The maximum Gasteiger partial charge on any atom is 0.124 e. The average molecular weight is 292 g/mol. The molecule has 0 fully saturated rings. The molecule has 0 saturated carbocycles. The van der Waals surface area contributed by atoms with E-state index in [-0.39, 0.29) is 11.2 Å². The number of rotatable bonds is 3. The van der Waals surface area contributed by atoms with Crippen molar-refractivity contribution in [3.8, 4) is 0 Å². The SMILES string of the molecule is CC(C)(C)c1ccc(NCc2ccc(F)cc2Cl)cc1. The fourth-order valence-corrected chi connectivity index (χ4v) is 2.18. The maximum absolute atomic E-state index is 13.0. The monoisotopic (exact) mass is 291 g/mol. The fourth-order valence-electron chi connectivity index (χ4n) is 1.95. The van der Waals surface area contributed by atoms with Crippen molar-refractivity contribution in [3.63, 3.8) is 0 Å². The lowest BCUT2D eigenvalue weighted by Crippen LogP contribution is -2.10. The molecule has 2 rings (SSSR count). The molecular formula is C17H19ClFN. The summed E-state index contributed by atoms with van der Waals surface area (Å²) in [4.78, 5) is 0. The van der Waals surface area contributed by atoms with Crippen LogP contribution in [-0.2, 0) is 12.0 Å². The van der Waals surface area contributed by atoms with Crippen LogP contribution in [0.1, 0.15) is 31.9 Å². The smallest absolute Gasteiger partial charge is 0.124 e. The van der Waals surface area contributed by atoms with Crippen LogP contribution in [0.15, 0.2) is 42.5 Å². The van der Waals surface area contributed by atoms with Crippen LogP contribution in [0.5, 0.6) is 0 Å². The molecule has 20 heavy (non-hydrogen) atoms. The van der Waals surface area contributed by atoms with Crippen molar-refractivity contribution in [2.75, 3.05) is 5.32 Å². The Morgan fingerprint density at radius 3 is 2.25 bits per heavy atom. The minimum absolute atomic E-state index is 0.152. The number of halogens is 2. The second-order valence-electron chi connectivity index (χ2n) is 5.92. The van der Waals surface area contributed by atoms with Crippen molar-refractivity contribution in [1.29, 1.82) is 0 Å². The van der Waals surface area contributed by atoms with Crippen molar-refractivity contribution in [2.24, 2.45) is 0 Å². The van der Waals surface area contributed by atoms with Gasteiger partial charge in [0.25, 0.3) is 0 Å². The van der Waals surface area contributed by atoms with E-state index in [9.17, 15) is 4.39 Å². The van der Waals surface area contributed by atoms with Gasteiger partial charge in [0, 0.05) is 17.3 Å². The summed E-state index contributed by atoms with van der Waals surface area (Å²) in [6, 6.07) is 12.8. The molecule has 0 aromatic heterocycles. The number of anilines is 1. The highest BCUT2D eigenvalue weighted by Crippen LogP contribution is 2.24. The second-order valence-corrected chi connectivity index (χ2v) is 6.32. The third kappa shape index (κ3) is 3.73. The molecule has 2 aromatic rings. The summed E-state index contributed by atoms with van der Waals surface area (Å²) in [6.07, 6.45) is 0. The third-order valence-electron chi connectivity index (χ3n) is 3.25. The van der Waals surface area contributed by atoms with Gasteiger partial charge in [-0.3, -0.25) is 0 Å². The summed E-state index contributed by atoms with van der Waals surface area (Å²) in [6.45, 7) is 7.14. The lowest BCUT2D eigenvalue weighted by atomic mass is 9.87. The van der Waals surface area contributed by atoms with Crippen molar-refractivity contribution in [2.45, 2.75) is 32.7 Å². The van der Waals surface area contributed by atoms with Gasteiger partial charge in [0.15, 0.2) is 0 Å². The van der Waals surface area contributed by atoms with E-state index in [0.29, 0.717) is 11.6 Å². The van der Waals surface area contributed by atoms with Crippen LogP contribution < -0.4 is 5.32 Å². The highest BCUT2D eigenvalue weighted by atomic mass is 35.5. The first-order chi connectivity index (χ1) is 9.36. The molecule has 0 atom stereocenters. The van der Waals surface area contributed by atoms with Crippen LogP contribution in [0.4, 0.5) is 10.1 Å². The van der Waals surface area contributed by atoms with Gasteiger partial charge in [-0.25, -0.2) is 4.39 Å². The van der Waals surface area contributed by atoms with Gasteiger partial charge in [-0.15, -0.1) is 0 Å². The fraction of sp³-hybridized carbons (Fsp3) is 0.294. The molecular weight excluding hydrogens is 273 g/mol. The van der Waals surface area contributed by atoms with Gasteiger partial charge < -0.3 is 5.32 Å². The summed E-state index contributed by atoms with van der Waals surface area (Å²) >= 11 is 6.00. The van der Waals surface area contributed by atoms with Gasteiger partial charge in [-0.05, 0) is 40.8 Å². The van der Waals surface area contributed by atoms with E-state index < -0.39 is 0 Å². The summed E-state index contributed by atoms with van der Waals surface area (Å²) in [7, 11) is 0. The predicted octanol–water partition coefficient (Wildman–Crippen LogP) is 5.39. The van der Waals surface area contributed by atoms with E-state index in [1.807, 2.05) is 0 Å². The number of hydrogen-bond donors (Lipinski definition) is 1. The molecule has 0 aliphatic heterocycles. The Morgan fingerprint density at radius 2 is 1.70 bits per heavy atom. The Labute approximate surface area is 124 Å². The number of benzene rings is 2. The van der Waals surface area contributed by atoms with Crippen molar-refractivity contribution in [1.82, 2.24) is 0 Å². The Morgan fingerprint density at radius 1 is 1.05 bits per heavy atom. The lowest BCUT2D eigenvalue weighted by molar-refractivity contribution is 0.590. The zero-order chi connectivity index (χ0) is 14.8. The molecule has 0 spiro atoms. The Bertz CT molecular complexity index is 585. The van der Waals surface area contributed by atoms with Gasteiger partial charge in [0.1, 0.15) is 5.82 Å². The van der Waals surface area contributed by atoms with Crippen molar-refractivity contribution < 1.29 is 4.39 Å². The van der Waals surface area contributed by atoms with Crippen LogP contribution in [0.25, 0.3) is 0 Å². The van der Waals surface area contributed by atoms with Gasteiger partial charge in [-0.1, -0.05) is 50.6 Å². The standard InChI is InChI=1S/C17H19ClFN/c1-17(2,3)13-5-8-15(9-6-13)20-11-12-4-7-14(19)10-16(12)18/h4-10,20H,11H2,1-3H3. The molecule has 1 N–H and O–H groups in total. The van der Waals surface area contributed by atoms with E-state index in [2.05, 4.69) is 50.4 Å². The predicted molar refractivity (Wildman–Crippen MR) is 83.9 cm³/mol. The molecule has 0 amide bonds. The summed E-state index contributed by atoms with van der Waals surface area (Å²) in [5, 5.41) is 3.74. The molecule has 0 bridgehead atoms. The van der Waals surface area contributed by atoms with Crippen LogP contribution in [-0.4, -0.2) is 0 Å². The molecule has 0 aliphatic rings. The molecule has 0 heterocycles. The van der Waals surface area contributed by atoms with Crippen molar-refractivity contribution >= 4 is 17.3 Å². The van der Waals surface area contributed by atoms with Crippen LogP contribution in [0.3, 0.4) is 0 Å². The third-order valence-corrected chi connectivity index (χ3v) is 3.60. The van der Waals surface area contributed by atoms with Gasteiger partial charge in [-0.2, -0.15) is 0 Å². The largest absolute Gasteiger partial charge is 0.381 e. The topological polar surface area (TPSA) is 12.0 Å². The molecule has 0 radical (unpaired) electrons. The van der Waals surface area contributed by atoms with Crippen LogP contribution >= 0.6 is 11.6 Å². The van der Waals surface area contributed by atoms with E-state index in [1.54, 1.807) is 6.07 Å². The van der Waals surface area contributed by atoms with Crippen LogP contribution in [0.2, 0.25) is 5.02 Å². The highest BCUT2D eigenvalue weighted by Gasteiger charge is 2.12. The molecule has 1 nitrogen and oxygen atoms in total. The first-order valence-corrected chi connectivity index (χ1v) is 7.02. The van der Waals surface area contributed by atoms with Gasteiger partial charge >= 0.3 is 0 Å². The van der Waals surface area contributed by atoms with E-state index in [4.69, 9.17) is 11.6 Å². The number of hydrogen-bond acceptors (Lipinski definition) is 1. The summed E-state index contributed by atoms with van der Waals surface area (Å²) < 4.78 is 13.0. The first-order valence-electron chi connectivity index (χ1n) is 6.64. The van der Waals surface area contributed by atoms with E-state index >= 15 is 0 Å². The summed E-state index contributed by atoms with van der Waals surface area (Å²) in [5.41, 5.74) is 3.35. The Hall–Kier alpha value is -1.54. The minimum atomic E-state index is -0.312. The maximum atomic E-state index is 13.0. The minimum Gasteiger partial charge on any atom is -0.381 e. The average Bonchev–Trinajstić information content (AvgIpc) is 2.37. The second kappa shape index (κ2) is 5.84. The molecule has 3 heteroatoms. The van der Waals surface area contributed by atoms with Gasteiger partial charge in [0.2, 0.25) is 0 Å². The quantitative estimate of drug-likeness (QED) is 0.799. The molecule has 0 saturated heterocycles. The summed E-state index contributed by atoms with van der Waals surface area (Å²) in [5.74, 6) is -0.312. The Kier molecular flexibility index (Phi) is 4.34. The molecule has 0 aliphatic carbocycles. The highest BCUT2D eigenvalue weighted by molar-refractivity contribution is 6.31. The number of nitrogens with one attached hydrogen (secondary N) is 1. The lowest BCUT2D eigenvalue weighted by Gasteiger charge is -2.19. The molecule has 2 aromatic carbocycles. The van der Waals surface area contributed by atoms with Gasteiger partial charge in [0.05, 0.1) is 0 Å². The molecule has 106 valence electrons. The zero-order valence-corrected chi connectivity index (χ0v) is 12.8. The normalized spacial score (nSPS) is 11.4. The first kappa shape index (κ1) is 14.9. The molecule has 0 unspecified atom stereocenters. The Balaban J connectivity index is 2.04. The van der Waals surface area contributed by atoms with Crippen molar-refractivity contribution in [3.05, 3.63) is 64.4 Å². The van der Waals surface area contributed by atoms with Crippen LogP contribution in [0, 0.1) is 5.82 Å². The van der Waals surface area contributed by atoms with E-state index in [0.717, 1.165) is 11.3 Å². The zero-order valence-electron chi connectivity index (χ0n) is 12.0. The van der Waals surface area contributed by atoms with E-state index in [1.165, 1.54) is 17.7 Å².